The van der Waals surface area contributed by atoms with Gasteiger partial charge in [0.2, 0.25) is 0 Å². The standard InChI is InChI=1S/C13H16N2O2S/c1-10-9-13(14-7-8-18(2,16)17)15-12-6-4-3-5-11(10)12/h3-6,9H,7-8H2,1-2H3,(H,14,15). The summed E-state index contributed by atoms with van der Waals surface area (Å²) in [6.07, 6.45) is 1.23. The highest BCUT2D eigenvalue weighted by Gasteiger charge is 2.04. The van der Waals surface area contributed by atoms with Crippen LogP contribution in [0.3, 0.4) is 0 Å². The molecule has 2 aromatic rings. The molecule has 0 unspecified atom stereocenters. The minimum atomic E-state index is -2.94. The molecular formula is C13H16N2O2S. The molecule has 1 aromatic heterocycles. The highest BCUT2D eigenvalue weighted by Crippen LogP contribution is 2.19. The second kappa shape index (κ2) is 4.94. The number of anilines is 1. The fourth-order valence-corrected chi connectivity index (χ4v) is 2.28. The number of fused-ring (bicyclic) bond motifs is 1. The molecule has 0 saturated heterocycles. The van der Waals surface area contributed by atoms with E-state index in [1.807, 2.05) is 37.3 Å². The topological polar surface area (TPSA) is 59.1 Å². The van der Waals surface area contributed by atoms with Crippen LogP contribution in [0.5, 0.6) is 0 Å². The van der Waals surface area contributed by atoms with Crippen molar-refractivity contribution in [1.29, 1.82) is 0 Å². The molecule has 1 heterocycles. The third kappa shape index (κ3) is 3.20. The molecule has 0 radical (unpaired) electrons. The quantitative estimate of drug-likeness (QED) is 0.917. The maximum atomic E-state index is 11.0. The number of nitrogens with one attached hydrogen (secondary N) is 1. The zero-order chi connectivity index (χ0) is 13.2. The number of hydrogen-bond acceptors (Lipinski definition) is 4. The smallest absolute Gasteiger partial charge is 0.149 e. The Bertz CT molecular complexity index is 666. The lowest BCUT2D eigenvalue weighted by atomic mass is 10.1. The number of hydrogen-bond donors (Lipinski definition) is 1. The summed E-state index contributed by atoms with van der Waals surface area (Å²) in [5.41, 5.74) is 2.04. The van der Waals surface area contributed by atoms with Crippen molar-refractivity contribution >= 4 is 26.6 Å². The fourth-order valence-electron chi connectivity index (χ4n) is 1.80. The van der Waals surface area contributed by atoms with Crippen LogP contribution >= 0.6 is 0 Å². The predicted octanol–water partition coefficient (Wildman–Crippen LogP) is 2.00. The van der Waals surface area contributed by atoms with Crippen LogP contribution in [0.15, 0.2) is 30.3 Å². The molecule has 0 atom stereocenters. The van der Waals surface area contributed by atoms with E-state index in [-0.39, 0.29) is 5.75 Å². The minimum absolute atomic E-state index is 0.112. The van der Waals surface area contributed by atoms with Gasteiger partial charge < -0.3 is 5.32 Å². The Balaban J connectivity index is 2.19. The van der Waals surface area contributed by atoms with E-state index >= 15 is 0 Å². The Morgan fingerprint density at radius 1 is 1.28 bits per heavy atom. The Kier molecular flexibility index (Phi) is 3.52. The first-order valence-corrected chi connectivity index (χ1v) is 7.80. The monoisotopic (exact) mass is 264 g/mol. The molecule has 0 spiro atoms. The molecule has 0 fully saturated rings. The normalized spacial score (nSPS) is 11.7. The molecule has 0 bridgehead atoms. The van der Waals surface area contributed by atoms with Gasteiger partial charge in [0.05, 0.1) is 11.3 Å². The van der Waals surface area contributed by atoms with Crippen molar-refractivity contribution in [3.63, 3.8) is 0 Å². The van der Waals surface area contributed by atoms with E-state index in [1.54, 1.807) is 0 Å². The number of benzene rings is 1. The molecule has 0 aliphatic rings. The van der Waals surface area contributed by atoms with Crippen molar-refractivity contribution in [2.45, 2.75) is 6.92 Å². The van der Waals surface area contributed by atoms with Gasteiger partial charge in [-0.1, -0.05) is 18.2 Å². The summed E-state index contributed by atoms with van der Waals surface area (Å²) in [7, 11) is -2.94. The molecule has 0 amide bonds. The summed E-state index contributed by atoms with van der Waals surface area (Å²) in [5.74, 6) is 0.829. The van der Waals surface area contributed by atoms with Gasteiger partial charge in [0.1, 0.15) is 15.7 Å². The van der Waals surface area contributed by atoms with Crippen LogP contribution in [-0.4, -0.2) is 32.0 Å². The molecule has 96 valence electrons. The summed E-state index contributed by atoms with van der Waals surface area (Å²) in [4.78, 5) is 4.45. The molecule has 1 N–H and O–H groups in total. The fraction of sp³-hybridized carbons (Fsp3) is 0.308. The van der Waals surface area contributed by atoms with Crippen LogP contribution in [0.4, 0.5) is 5.82 Å². The molecular weight excluding hydrogens is 248 g/mol. The average Bonchev–Trinajstić information content (AvgIpc) is 2.27. The van der Waals surface area contributed by atoms with E-state index in [0.29, 0.717) is 6.54 Å². The minimum Gasteiger partial charge on any atom is -0.369 e. The molecule has 0 aliphatic heterocycles. The van der Waals surface area contributed by atoms with Crippen LogP contribution in [0, 0.1) is 6.92 Å². The number of aryl methyl sites for hydroxylation is 1. The SMILES string of the molecule is Cc1cc(NCCS(C)(=O)=O)nc2ccccc12. The van der Waals surface area contributed by atoms with Gasteiger partial charge in [-0.05, 0) is 24.6 Å². The van der Waals surface area contributed by atoms with Crippen molar-refractivity contribution in [1.82, 2.24) is 4.98 Å². The summed E-state index contributed by atoms with van der Waals surface area (Å²) < 4.78 is 22.1. The van der Waals surface area contributed by atoms with Crippen LogP contribution < -0.4 is 5.32 Å². The number of nitrogens with zero attached hydrogens (tertiary/aromatic N) is 1. The summed E-state index contributed by atoms with van der Waals surface area (Å²) in [5, 5.41) is 4.16. The van der Waals surface area contributed by atoms with Gasteiger partial charge in [-0.3, -0.25) is 0 Å². The first-order chi connectivity index (χ1) is 8.46. The van der Waals surface area contributed by atoms with Crippen molar-refractivity contribution in [3.05, 3.63) is 35.9 Å². The third-order valence-electron chi connectivity index (χ3n) is 2.70. The maximum absolute atomic E-state index is 11.0. The lowest BCUT2D eigenvalue weighted by Gasteiger charge is -2.08. The predicted molar refractivity (Wildman–Crippen MR) is 74.7 cm³/mol. The summed E-state index contributed by atoms with van der Waals surface area (Å²) >= 11 is 0. The van der Waals surface area contributed by atoms with Gasteiger partial charge in [0.25, 0.3) is 0 Å². The van der Waals surface area contributed by atoms with Gasteiger partial charge in [-0.2, -0.15) is 0 Å². The number of sulfone groups is 1. The first kappa shape index (κ1) is 12.8. The molecule has 4 nitrogen and oxygen atoms in total. The van der Waals surface area contributed by atoms with Gasteiger partial charge in [-0.15, -0.1) is 0 Å². The molecule has 0 aliphatic carbocycles. The van der Waals surface area contributed by atoms with Crippen LogP contribution in [-0.2, 0) is 9.84 Å². The number of rotatable bonds is 4. The number of pyridine rings is 1. The lowest BCUT2D eigenvalue weighted by Crippen LogP contribution is -2.14. The van der Waals surface area contributed by atoms with Gasteiger partial charge in [0, 0.05) is 18.2 Å². The van der Waals surface area contributed by atoms with Crippen LogP contribution in [0.25, 0.3) is 10.9 Å². The molecule has 0 saturated carbocycles. The maximum Gasteiger partial charge on any atom is 0.149 e. The Hall–Kier alpha value is -1.62. The van der Waals surface area contributed by atoms with E-state index in [0.717, 1.165) is 22.3 Å². The molecule has 2 rings (SSSR count). The highest BCUT2D eigenvalue weighted by atomic mass is 32.2. The zero-order valence-corrected chi connectivity index (χ0v) is 11.3. The van der Waals surface area contributed by atoms with Gasteiger partial charge in [-0.25, -0.2) is 13.4 Å². The number of para-hydroxylation sites is 1. The van der Waals surface area contributed by atoms with Crippen molar-refractivity contribution in [2.75, 3.05) is 23.9 Å². The first-order valence-electron chi connectivity index (χ1n) is 5.74. The average molecular weight is 264 g/mol. The summed E-state index contributed by atoms with van der Waals surface area (Å²) in [6.45, 7) is 2.40. The number of aromatic nitrogens is 1. The third-order valence-corrected chi connectivity index (χ3v) is 3.65. The second-order valence-corrected chi connectivity index (χ2v) is 6.66. The Labute approximate surface area is 107 Å². The zero-order valence-electron chi connectivity index (χ0n) is 10.5. The highest BCUT2D eigenvalue weighted by molar-refractivity contribution is 7.90. The van der Waals surface area contributed by atoms with Crippen LogP contribution in [0.2, 0.25) is 0 Å². The van der Waals surface area contributed by atoms with Crippen molar-refractivity contribution in [2.24, 2.45) is 0 Å². The largest absolute Gasteiger partial charge is 0.369 e. The molecule has 5 heteroatoms. The van der Waals surface area contributed by atoms with Crippen molar-refractivity contribution < 1.29 is 8.42 Å². The lowest BCUT2D eigenvalue weighted by molar-refractivity contribution is 0.602. The summed E-state index contributed by atoms with van der Waals surface area (Å²) in [6, 6.07) is 9.83. The van der Waals surface area contributed by atoms with E-state index in [4.69, 9.17) is 0 Å². The van der Waals surface area contributed by atoms with E-state index < -0.39 is 9.84 Å². The molecule has 18 heavy (non-hydrogen) atoms. The van der Waals surface area contributed by atoms with Gasteiger partial charge >= 0.3 is 0 Å². The second-order valence-electron chi connectivity index (χ2n) is 4.40. The van der Waals surface area contributed by atoms with Crippen molar-refractivity contribution in [3.8, 4) is 0 Å². The molecule has 1 aromatic carbocycles. The van der Waals surface area contributed by atoms with E-state index in [1.165, 1.54) is 6.26 Å². The Morgan fingerprint density at radius 3 is 2.72 bits per heavy atom. The van der Waals surface area contributed by atoms with Gasteiger partial charge in [0.15, 0.2) is 0 Å². The van der Waals surface area contributed by atoms with Crippen LogP contribution in [0.1, 0.15) is 5.56 Å². The Morgan fingerprint density at radius 2 is 2.00 bits per heavy atom. The van der Waals surface area contributed by atoms with E-state index in [9.17, 15) is 8.42 Å². The van der Waals surface area contributed by atoms with E-state index in [2.05, 4.69) is 10.3 Å².